The van der Waals surface area contributed by atoms with Crippen LogP contribution in [0.25, 0.3) is 0 Å². The molecule has 12 heteroatoms. The number of aliphatic hydroxyl groups is 1. The number of ether oxygens (including phenoxy) is 4. The monoisotopic (exact) mass is 751 g/mol. The number of allylic oxidation sites excluding steroid dienone is 1. The Morgan fingerprint density at radius 2 is 1.67 bits per heavy atom. The summed E-state index contributed by atoms with van der Waals surface area (Å²) >= 11 is 0. The number of esters is 1. The van der Waals surface area contributed by atoms with Gasteiger partial charge < -0.3 is 39.2 Å². The van der Waals surface area contributed by atoms with Gasteiger partial charge in [0.25, 0.3) is 5.91 Å². The summed E-state index contributed by atoms with van der Waals surface area (Å²) in [4.78, 5) is 60.7. The summed E-state index contributed by atoms with van der Waals surface area (Å²) in [6, 6.07) is 22.1. The lowest BCUT2D eigenvalue weighted by Crippen LogP contribution is -2.57. The molecule has 3 aliphatic rings. The van der Waals surface area contributed by atoms with Gasteiger partial charge in [-0.3, -0.25) is 19.2 Å². The van der Waals surface area contributed by atoms with Gasteiger partial charge in [-0.2, -0.15) is 0 Å². The van der Waals surface area contributed by atoms with Crippen LogP contribution in [0.4, 0.5) is 5.69 Å². The topological polar surface area (TPSA) is 144 Å². The number of hydrogen-bond donors (Lipinski definition) is 2. The van der Waals surface area contributed by atoms with Gasteiger partial charge in [-0.15, -0.1) is 13.2 Å². The highest BCUT2D eigenvalue weighted by Crippen LogP contribution is 2.60. The highest BCUT2D eigenvalue weighted by molar-refractivity contribution is 6.05. The number of hydrogen-bond acceptors (Lipinski definition) is 9. The standard InChI is InChI=1S/C43H49N3O9/c1-5-7-18-35(48)44-32(27-52-3)38(29-16-12-9-13-17-29)54-42(51)36-34-23-24-43(55-34)37(36)40(49)46(33(26-47)28-14-10-8-11-15-28)39(43)41(50)45(25-6-2)30-19-21-31(53-4)22-20-30/h5-6,8-17,19-22,32-34,36-39,47H,1-2,7,18,23-27H2,3-4H3,(H,44,48)/t32-,33-,34+,36-,37-,38-,39+,43-/m1/s1. The minimum absolute atomic E-state index is 0.0354. The van der Waals surface area contributed by atoms with Gasteiger partial charge in [-0.05, 0) is 54.7 Å². The lowest BCUT2D eigenvalue weighted by Gasteiger charge is -2.39. The zero-order chi connectivity index (χ0) is 39.1. The molecule has 290 valence electrons. The van der Waals surface area contributed by atoms with Crippen LogP contribution in [0.3, 0.4) is 0 Å². The molecule has 1 spiro atoms. The van der Waals surface area contributed by atoms with Gasteiger partial charge in [0, 0.05) is 25.8 Å². The van der Waals surface area contributed by atoms with E-state index in [-0.39, 0.29) is 25.5 Å². The van der Waals surface area contributed by atoms with Crippen LogP contribution in [0, 0.1) is 11.8 Å². The first kappa shape index (κ1) is 39.4. The zero-order valence-electron chi connectivity index (χ0n) is 31.3. The highest BCUT2D eigenvalue weighted by Gasteiger charge is 2.76. The summed E-state index contributed by atoms with van der Waals surface area (Å²) in [7, 11) is 3.05. The molecule has 12 nitrogen and oxygen atoms in total. The molecule has 0 radical (unpaired) electrons. The molecule has 3 saturated heterocycles. The summed E-state index contributed by atoms with van der Waals surface area (Å²) in [5.74, 6) is -3.43. The van der Waals surface area contributed by atoms with Crippen LogP contribution in [-0.2, 0) is 33.4 Å². The van der Waals surface area contributed by atoms with E-state index in [9.17, 15) is 14.7 Å². The minimum atomic E-state index is -1.40. The lowest BCUT2D eigenvalue weighted by atomic mass is 9.70. The number of aliphatic hydroxyl groups excluding tert-OH is 1. The molecule has 0 aliphatic carbocycles. The Balaban J connectivity index is 1.40. The van der Waals surface area contributed by atoms with E-state index in [0.29, 0.717) is 41.8 Å². The van der Waals surface area contributed by atoms with Crippen molar-refractivity contribution in [2.75, 3.05) is 38.9 Å². The average molecular weight is 752 g/mol. The van der Waals surface area contributed by atoms with Crippen LogP contribution in [0.1, 0.15) is 49.0 Å². The van der Waals surface area contributed by atoms with Crippen LogP contribution < -0.4 is 15.0 Å². The van der Waals surface area contributed by atoms with E-state index >= 15 is 9.59 Å². The first-order valence-corrected chi connectivity index (χ1v) is 18.6. The lowest BCUT2D eigenvalue weighted by molar-refractivity contribution is -0.163. The molecular weight excluding hydrogens is 702 g/mol. The number of rotatable bonds is 18. The molecule has 55 heavy (non-hydrogen) atoms. The van der Waals surface area contributed by atoms with Crippen molar-refractivity contribution in [2.45, 2.75) is 61.6 Å². The fourth-order valence-corrected chi connectivity index (χ4v) is 8.49. The Labute approximate surface area is 321 Å². The first-order chi connectivity index (χ1) is 26.7. The maximum absolute atomic E-state index is 15.1. The molecular formula is C43H49N3O9. The van der Waals surface area contributed by atoms with E-state index in [2.05, 4.69) is 18.5 Å². The summed E-state index contributed by atoms with van der Waals surface area (Å²) in [5.41, 5.74) is 0.396. The van der Waals surface area contributed by atoms with Gasteiger partial charge in [0.05, 0.1) is 50.3 Å². The van der Waals surface area contributed by atoms with E-state index in [1.165, 1.54) is 16.9 Å². The van der Waals surface area contributed by atoms with Crippen molar-refractivity contribution in [3.8, 4) is 5.75 Å². The highest BCUT2D eigenvalue weighted by atomic mass is 16.6. The second-order valence-corrected chi connectivity index (χ2v) is 14.1. The predicted molar refractivity (Wildman–Crippen MR) is 205 cm³/mol. The summed E-state index contributed by atoms with van der Waals surface area (Å²) in [6.07, 6.45) is 2.94. The van der Waals surface area contributed by atoms with Gasteiger partial charge in [0.1, 0.15) is 23.5 Å². The molecule has 2 N–H and O–H groups in total. The van der Waals surface area contributed by atoms with Crippen molar-refractivity contribution in [1.82, 2.24) is 10.2 Å². The van der Waals surface area contributed by atoms with Gasteiger partial charge in [0.2, 0.25) is 11.8 Å². The summed E-state index contributed by atoms with van der Waals surface area (Å²) < 4.78 is 23.9. The van der Waals surface area contributed by atoms with Crippen LogP contribution in [-0.4, -0.2) is 91.5 Å². The normalized spacial score (nSPS) is 24.0. The number of carbonyl (C=O) groups is 4. The molecule has 3 amide bonds. The third kappa shape index (κ3) is 7.67. The number of fused-ring (bicyclic) bond motifs is 1. The second kappa shape index (κ2) is 17.4. The zero-order valence-corrected chi connectivity index (χ0v) is 31.3. The quantitative estimate of drug-likeness (QED) is 0.140. The summed E-state index contributed by atoms with van der Waals surface area (Å²) in [6.45, 7) is 7.26. The van der Waals surface area contributed by atoms with Crippen molar-refractivity contribution >= 4 is 29.4 Å². The SMILES string of the molecule is C=CCCC(=O)N[C@H](COC)[C@H](OC(=O)[C@@H]1[C@@H]2CC[C@]3(O2)[C@H](C(=O)N(CC=C)c2ccc(OC)cc2)N([C@H](CO)c2ccccc2)C(=O)[C@@H]13)c1ccccc1. The van der Waals surface area contributed by atoms with Crippen LogP contribution in [0.2, 0.25) is 0 Å². The maximum atomic E-state index is 15.1. The van der Waals surface area contributed by atoms with Crippen LogP contribution in [0.5, 0.6) is 5.75 Å². The number of nitrogens with one attached hydrogen (secondary N) is 1. The Hall–Kier alpha value is -5.30. The molecule has 3 heterocycles. The molecule has 0 unspecified atom stereocenters. The Morgan fingerprint density at radius 1 is 1.00 bits per heavy atom. The van der Waals surface area contributed by atoms with E-state index in [1.54, 1.807) is 92.1 Å². The van der Waals surface area contributed by atoms with E-state index in [4.69, 9.17) is 18.9 Å². The first-order valence-electron chi connectivity index (χ1n) is 18.6. The molecule has 3 aromatic carbocycles. The Morgan fingerprint density at radius 3 is 2.27 bits per heavy atom. The number of methoxy groups -OCH3 is 2. The van der Waals surface area contributed by atoms with E-state index in [0.717, 1.165) is 0 Å². The van der Waals surface area contributed by atoms with Crippen molar-refractivity contribution in [3.63, 3.8) is 0 Å². The molecule has 0 aromatic heterocycles. The largest absolute Gasteiger partial charge is 0.497 e. The predicted octanol–water partition coefficient (Wildman–Crippen LogP) is 4.70. The number of likely N-dealkylation sites (tertiary alicyclic amines) is 1. The average Bonchev–Trinajstić information content (AvgIpc) is 3.86. The van der Waals surface area contributed by atoms with Crippen molar-refractivity contribution < 1.29 is 43.2 Å². The van der Waals surface area contributed by atoms with Gasteiger partial charge in [-0.25, -0.2) is 0 Å². The molecule has 2 bridgehead atoms. The molecule has 3 aliphatic heterocycles. The Kier molecular flexibility index (Phi) is 12.5. The van der Waals surface area contributed by atoms with Crippen molar-refractivity contribution in [1.29, 1.82) is 0 Å². The van der Waals surface area contributed by atoms with Crippen molar-refractivity contribution in [2.24, 2.45) is 11.8 Å². The molecule has 0 saturated carbocycles. The number of carbonyl (C=O) groups excluding carboxylic acids is 4. The van der Waals surface area contributed by atoms with Crippen LogP contribution >= 0.6 is 0 Å². The van der Waals surface area contributed by atoms with E-state index in [1.807, 2.05) is 12.1 Å². The fourth-order valence-electron chi connectivity index (χ4n) is 8.49. The number of anilines is 1. The number of benzene rings is 3. The maximum Gasteiger partial charge on any atom is 0.313 e. The Bertz CT molecular complexity index is 1840. The third-order valence-corrected chi connectivity index (χ3v) is 10.9. The third-order valence-electron chi connectivity index (χ3n) is 10.9. The van der Waals surface area contributed by atoms with Gasteiger partial charge in [-0.1, -0.05) is 72.8 Å². The second-order valence-electron chi connectivity index (χ2n) is 14.1. The summed E-state index contributed by atoms with van der Waals surface area (Å²) in [5, 5.41) is 13.9. The van der Waals surface area contributed by atoms with Gasteiger partial charge >= 0.3 is 5.97 Å². The molecule has 8 atom stereocenters. The molecule has 3 aromatic rings. The number of nitrogens with zero attached hydrogens (tertiary/aromatic N) is 2. The van der Waals surface area contributed by atoms with Crippen molar-refractivity contribution in [3.05, 3.63) is 121 Å². The fraction of sp³-hybridized carbons (Fsp3) is 0.395. The van der Waals surface area contributed by atoms with Gasteiger partial charge in [0.15, 0.2) is 0 Å². The number of amides is 3. The van der Waals surface area contributed by atoms with Crippen LogP contribution in [0.15, 0.2) is 110 Å². The minimum Gasteiger partial charge on any atom is -0.497 e. The smallest absolute Gasteiger partial charge is 0.313 e. The molecule has 3 fully saturated rings. The molecule has 6 rings (SSSR count). The van der Waals surface area contributed by atoms with E-state index < -0.39 is 72.2 Å².